The van der Waals surface area contributed by atoms with Gasteiger partial charge in [-0.2, -0.15) is 0 Å². The molecule has 0 bridgehead atoms. The zero-order valence-electron chi connectivity index (χ0n) is 42.0. The van der Waals surface area contributed by atoms with E-state index in [1.54, 1.807) is 11.3 Å². The van der Waals surface area contributed by atoms with E-state index >= 15 is 0 Å². The van der Waals surface area contributed by atoms with Crippen LogP contribution in [0.5, 0.6) is 0 Å². The second-order valence-electron chi connectivity index (χ2n) is 24.0. The number of furan rings is 1. The Hall–Kier alpha value is -6.89. The van der Waals surface area contributed by atoms with Crippen molar-refractivity contribution in [1.82, 2.24) is 9.55 Å². The molecule has 342 valence electrons. The average Bonchev–Trinajstić information content (AvgIpc) is 4.08. The minimum Gasteiger partial charge on any atom is -0.455 e. The van der Waals surface area contributed by atoms with E-state index in [-0.39, 0.29) is 28.5 Å². The number of hydrogen-bond donors (Lipinski definition) is 0. The fraction of sp³-hybridized carbons (Fsp3) is 0.234. The molecule has 0 N–H and O–H groups in total. The Morgan fingerprint density at radius 2 is 1.26 bits per heavy atom. The summed E-state index contributed by atoms with van der Waals surface area (Å²) in [5.41, 5.74) is 24.3. The van der Waals surface area contributed by atoms with Crippen molar-refractivity contribution in [1.29, 1.82) is 0 Å². The maximum Gasteiger partial charge on any atom is 0.333 e. The Morgan fingerprint density at radius 3 is 2.00 bits per heavy atom. The van der Waals surface area contributed by atoms with Crippen LogP contribution in [-0.2, 0) is 21.7 Å². The highest BCUT2D eigenvalue weighted by Gasteiger charge is 2.48. The van der Waals surface area contributed by atoms with Crippen molar-refractivity contribution in [2.24, 2.45) is 0 Å². The molecule has 0 saturated heterocycles. The molecule has 3 aliphatic rings. The third-order valence-corrected chi connectivity index (χ3v) is 17.3. The maximum atomic E-state index is 7.31. The van der Waals surface area contributed by atoms with E-state index < -0.39 is 0 Å². The molecule has 4 nitrogen and oxygen atoms in total. The molecule has 1 aliphatic carbocycles. The average molecular weight is 926 g/mol. The van der Waals surface area contributed by atoms with Crippen LogP contribution < -0.4 is 15.7 Å². The van der Waals surface area contributed by atoms with Crippen LogP contribution in [0.25, 0.3) is 92.5 Å². The Kier molecular flexibility index (Phi) is 8.23. The lowest BCUT2D eigenvalue weighted by molar-refractivity contribution is 0.584. The molecular weight excluding hydrogens is 870 g/mol. The van der Waals surface area contributed by atoms with Crippen molar-refractivity contribution in [2.75, 3.05) is 4.81 Å². The maximum absolute atomic E-state index is 7.31. The molecule has 5 heterocycles. The number of fused-ring (bicyclic) bond motifs is 17. The summed E-state index contributed by atoms with van der Waals surface area (Å²) in [7, 11) is 0. The predicted molar refractivity (Wildman–Crippen MR) is 299 cm³/mol. The van der Waals surface area contributed by atoms with Gasteiger partial charge in [0.15, 0.2) is 0 Å². The highest BCUT2D eigenvalue weighted by molar-refractivity contribution is 7.21. The van der Waals surface area contributed by atoms with Crippen LogP contribution in [0.1, 0.15) is 104 Å². The van der Waals surface area contributed by atoms with Gasteiger partial charge >= 0.3 is 6.85 Å². The van der Waals surface area contributed by atoms with Crippen molar-refractivity contribution in [3.63, 3.8) is 0 Å². The van der Waals surface area contributed by atoms with Crippen LogP contribution in [0.3, 0.4) is 0 Å². The Bertz CT molecular complexity index is 4090. The number of thiazole rings is 1. The van der Waals surface area contributed by atoms with Gasteiger partial charge in [-0.1, -0.05) is 161 Å². The Balaban J connectivity index is 1.19. The van der Waals surface area contributed by atoms with E-state index in [4.69, 9.17) is 9.40 Å². The van der Waals surface area contributed by atoms with Crippen LogP contribution in [0.15, 0.2) is 144 Å². The van der Waals surface area contributed by atoms with Crippen molar-refractivity contribution in [3.8, 4) is 38.5 Å². The number of aromatic nitrogens is 2. The highest BCUT2D eigenvalue weighted by atomic mass is 32.1. The van der Waals surface area contributed by atoms with E-state index in [2.05, 4.69) is 225 Å². The van der Waals surface area contributed by atoms with Gasteiger partial charge in [-0.3, -0.25) is 0 Å². The predicted octanol–water partition coefficient (Wildman–Crippen LogP) is 16.4. The topological polar surface area (TPSA) is 34.2 Å². The van der Waals surface area contributed by atoms with E-state index in [0.717, 1.165) is 32.6 Å². The molecule has 0 fully saturated rings. The molecule has 6 heteroatoms. The Morgan fingerprint density at radius 1 is 0.586 bits per heavy atom. The molecule has 3 aromatic heterocycles. The summed E-state index contributed by atoms with van der Waals surface area (Å²) in [6, 6.07) is 53.4. The molecule has 11 aromatic rings. The molecule has 0 amide bonds. The zero-order chi connectivity index (χ0) is 48.1. The summed E-state index contributed by atoms with van der Waals surface area (Å²) >= 11 is 1.78. The molecule has 8 aromatic carbocycles. The largest absolute Gasteiger partial charge is 0.455 e. The lowest BCUT2D eigenvalue weighted by Crippen LogP contribution is -2.60. The number of nitrogens with zero attached hydrogens (tertiary/aromatic N) is 3. The first kappa shape index (κ1) is 42.0. The Labute approximate surface area is 414 Å². The second kappa shape index (κ2) is 13.7. The molecule has 0 unspecified atom stereocenters. The van der Waals surface area contributed by atoms with E-state index in [1.165, 1.54) is 110 Å². The third-order valence-electron chi connectivity index (χ3n) is 16.3. The van der Waals surface area contributed by atoms with Gasteiger partial charge in [-0.15, -0.1) is 11.3 Å². The summed E-state index contributed by atoms with van der Waals surface area (Å²) in [5, 5.41) is 5.79. The van der Waals surface area contributed by atoms with Gasteiger partial charge in [0.05, 0.1) is 26.6 Å². The molecule has 0 atom stereocenters. The van der Waals surface area contributed by atoms with E-state index in [1.807, 2.05) is 0 Å². The molecule has 0 spiro atoms. The van der Waals surface area contributed by atoms with Crippen LogP contribution in [0, 0.1) is 0 Å². The molecular formula is C64H56BN3OS. The molecule has 0 radical (unpaired) electrons. The number of para-hydroxylation sites is 1. The lowest BCUT2D eigenvalue weighted by atomic mass is 9.43. The van der Waals surface area contributed by atoms with Crippen LogP contribution in [0.4, 0.5) is 11.4 Å². The van der Waals surface area contributed by atoms with Crippen molar-refractivity contribution < 1.29 is 4.42 Å². The number of anilines is 2. The minimum absolute atomic E-state index is 0.00400. The fourth-order valence-corrected chi connectivity index (χ4v) is 13.5. The van der Waals surface area contributed by atoms with E-state index in [9.17, 15) is 0 Å². The van der Waals surface area contributed by atoms with Gasteiger partial charge in [-0.05, 0) is 126 Å². The lowest BCUT2D eigenvalue weighted by Gasteiger charge is -2.43. The normalized spacial score (nSPS) is 14.8. The van der Waals surface area contributed by atoms with Crippen LogP contribution in [0.2, 0.25) is 0 Å². The SMILES string of the molecule is CC(C)(C)c1ccc(N2B3c4cc5nc(-c6ccccc6)sc5cc4-n4c5ccc(C(C)(C)C)cc5c5c6oc7ccccc7c6c(c3c54)-c3cc4c(cc32)-c2ccc(C(C)(C)C)cc2C4(C)C)cc1. The molecule has 70 heavy (non-hydrogen) atoms. The first-order chi connectivity index (χ1) is 33.4. The van der Waals surface area contributed by atoms with Crippen LogP contribution in [-0.4, -0.2) is 16.4 Å². The second-order valence-corrected chi connectivity index (χ2v) is 25.0. The number of hydrogen-bond acceptors (Lipinski definition) is 4. The highest BCUT2D eigenvalue weighted by Crippen LogP contribution is 2.57. The van der Waals surface area contributed by atoms with Gasteiger partial charge in [-0.25, -0.2) is 4.98 Å². The smallest absolute Gasteiger partial charge is 0.333 e. The zero-order valence-corrected chi connectivity index (χ0v) is 42.8. The van der Waals surface area contributed by atoms with Crippen molar-refractivity contribution in [3.05, 3.63) is 167 Å². The van der Waals surface area contributed by atoms with Gasteiger partial charge in [0, 0.05) is 49.8 Å². The standard InChI is InChI=1S/C64H56BN3OS/c1-61(2,3)36-21-25-39(26-22-36)68-50-32-42-40-27-23-38(63(7,8)9)30-45(40)64(10,11)46(42)31-44(50)54-55-41-19-15-16-20-52(41)69-59(55)56-43-29-37(62(4,5)6)24-28-49(43)67-51-34-53-48(33-47(51)65(68)57(54)58(56)67)66-60(70-53)35-17-13-12-14-18-35/h12-34H,1-11H3. The van der Waals surface area contributed by atoms with Gasteiger partial charge in [0.1, 0.15) is 16.2 Å². The third kappa shape index (κ3) is 5.63. The fourth-order valence-electron chi connectivity index (χ4n) is 12.5. The number of rotatable bonds is 2. The quantitative estimate of drug-likeness (QED) is 0.162. The molecule has 2 aliphatic heterocycles. The summed E-state index contributed by atoms with van der Waals surface area (Å²) in [5.74, 6) is 0. The summed E-state index contributed by atoms with van der Waals surface area (Å²) in [6.07, 6.45) is 0. The first-order valence-electron chi connectivity index (χ1n) is 25.1. The van der Waals surface area contributed by atoms with Crippen LogP contribution >= 0.6 is 11.3 Å². The van der Waals surface area contributed by atoms with Gasteiger partial charge in [0.25, 0.3) is 0 Å². The minimum atomic E-state index is -0.229. The van der Waals surface area contributed by atoms with Crippen molar-refractivity contribution in [2.45, 2.75) is 97.8 Å². The molecule has 14 rings (SSSR count). The van der Waals surface area contributed by atoms with E-state index in [0.29, 0.717) is 0 Å². The monoisotopic (exact) mass is 925 g/mol. The number of benzene rings is 8. The first-order valence-corrected chi connectivity index (χ1v) is 25.9. The van der Waals surface area contributed by atoms with Gasteiger partial charge in [0.2, 0.25) is 0 Å². The summed E-state index contributed by atoms with van der Waals surface area (Å²) < 4.78 is 11.1. The summed E-state index contributed by atoms with van der Waals surface area (Å²) in [6.45, 7) is 25.5. The van der Waals surface area contributed by atoms with Crippen molar-refractivity contribution >= 4 is 94.4 Å². The molecule has 0 saturated carbocycles. The van der Waals surface area contributed by atoms with Gasteiger partial charge < -0.3 is 13.8 Å². The summed E-state index contributed by atoms with van der Waals surface area (Å²) in [4.78, 5) is 8.14.